The predicted octanol–water partition coefficient (Wildman–Crippen LogP) is 2.28. The maximum absolute atomic E-state index is 10.4. The van der Waals surface area contributed by atoms with E-state index in [2.05, 4.69) is 19.6 Å². The molecule has 0 bridgehead atoms. The van der Waals surface area contributed by atoms with Crippen molar-refractivity contribution >= 4 is 14.0 Å². The minimum Gasteiger partial charge on any atom is -0.466 e. The Morgan fingerprint density at radius 2 is 1.91 bits per heavy atom. The Kier molecular flexibility index (Phi) is 4.41. The van der Waals surface area contributed by atoms with Gasteiger partial charge in [-0.25, -0.2) is 0 Å². The zero-order valence-corrected chi connectivity index (χ0v) is 8.94. The van der Waals surface area contributed by atoms with E-state index in [-0.39, 0.29) is 5.97 Å². The fourth-order valence-electron chi connectivity index (χ4n) is 0.818. The highest BCUT2D eigenvalue weighted by Crippen LogP contribution is 2.10. The summed E-state index contributed by atoms with van der Waals surface area (Å²) in [5.74, 6) is -0.166. The van der Waals surface area contributed by atoms with Crippen molar-refractivity contribution in [2.45, 2.75) is 39.0 Å². The summed E-state index contributed by atoms with van der Waals surface area (Å²) >= 11 is 0. The summed E-state index contributed by atoms with van der Waals surface area (Å²) in [4.78, 5) is 10.4. The number of rotatable bonds is 4. The van der Waals surface area contributed by atoms with Crippen LogP contribution in [0.5, 0.6) is 0 Å². The molecule has 66 valence electrons. The summed E-state index contributed by atoms with van der Waals surface area (Å²) in [6.07, 6.45) is 1.02. The van der Waals surface area contributed by atoms with Gasteiger partial charge in [0.05, 0.1) is 6.61 Å². The summed E-state index contributed by atoms with van der Waals surface area (Å²) in [5.41, 5.74) is 0. The lowest BCUT2D eigenvalue weighted by atomic mass is 10.5. The molecule has 0 fully saturated rings. The highest BCUT2D eigenvalue weighted by Gasteiger charge is 2.11. The van der Waals surface area contributed by atoms with Gasteiger partial charge in [0, 0.05) is 15.0 Å². The largest absolute Gasteiger partial charge is 0.466 e. The zero-order valence-electron chi connectivity index (χ0n) is 7.94. The lowest BCUT2D eigenvalue weighted by Gasteiger charge is -2.14. The van der Waals surface area contributed by atoms with Gasteiger partial charge in [0.15, 0.2) is 0 Å². The van der Waals surface area contributed by atoms with Crippen LogP contribution in [0, 0.1) is 0 Å². The Balaban J connectivity index is 3.22. The van der Waals surface area contributed by atoms with Crippen LogP contribution in [0.3, 0.4) is 0 Å². The quantitative estimate of drug-likeness (QED) is 0.371. The molecule has 3 heteroatoms. The number of hydrogen-bond acceptors (Lipinski definition) is 2. The molecule has 0 aliphatic carbocycles. The van der Waals surface area contributed by atoms with E-state index in [9.17, 15) is 4.79 Å². The lowest BCUT2D eigenvalue weighted by Crippen LogP contribution is -2.19. The molecular formula is C8H18O2Si. The molecule has 0 heterocycles. The molecule has 2 nitrogen and oxygen atoms in total. The number of carbonyl (C=O) groups is 1. The van der Waals surface area contributed by atoms with Crippen LogP contribution in [-0.4, -0.2) is 20.7 Å². The van der Waals surface area contributed by atoms with E-state index in [1.54, 1.807) is 0 Å². The van der Waals surface area contributed by atoms with Crippen molar-refractivity contribution in [1.29, 1.82) is 0 Å². The van der Waals surface area contributed by atoms with Crippen LogP contribution in [-0.2, 0) is 9.53 Å². The van der Waals surface area contributed by atoms with Gasteiger partial charge in [-0.3, -0.25) is 4.79 Å². The summed E-state index contributed by atoms with van der Waals surface area (Å²) in [5, 5.41) is 0. The Morgan fingerprint density at radius 1 is 1.36 bits per heavy atom. The second-order valence-corrected chi connectivity index (χ2v) is 9.63. The number of carbonyl (C=O) groups excluding carboxylic acids is 1. The average molecular weight is 174 g/mol. The van der Waals surface area contributed by atoms with Crippen LogP contribution in [0.1, 0.15) is 13.3 Å². The van der Waals surface area contributed by atoms with Gasteiger partial charge in [-0.15, -0.1) is 0 Å². The molecule has 0 saturated heterocycles. The van der Waals surface area contributed by atoms with Gasteiger partial charge < -0.3 is 4.74 Å². The van der Waals surface area contributed by atoms with E-state index in [0.717, 1.165) is 6.42 Å². The van der Waals surface area contributed by atoms with Gasteiger partial charge in [-0.2, -0.15) is 0 Å². The van der Waals surface area contributed by atoms with Crippen molar-refractivity contribution in [1.82, 2.24) is 0 Å². The number of hydrogen-bond donors (Lipinski definition) is 0. The van der Waals surface area contributed by atoms with Crippen LogP contribution in [0.4, 0.5) is 0 Å². The first-order chi connectivity index (χ1) is 4.92. The summed E-state index contributed by atoms with van der Waals surface area (Å²) in [6, 6.07) is 1.24. The maximum atomic E-state index is 10.4. The highest BCUT2D eigenvalue weighted by atomic mass is 28.3. The first kappa shape index (κ1) is 10.7. The SMILES string of the molecule is CC(=O)OCCC[Si](C)(C)C. The number of esters is 1. The lowest BCUT2D eigenvalue weighted by molar-refractivity contribution is -0.140. The molecule has 0 aromatic heterocycles. The third kappa shape index (κ3) is 9.69. The van der Waals surface area contributed by atoms with Gasteiger partial charge in [-0.1, -0.05) is 25.7 Å². The molecule has 0 unspecified atom stereocenters. The van der Waals surface area contributed by atoms with Crippen LogP contribution in [0.2, 0.25) is 25.7 Å². The standard InChI is InChI=1S/C8H18O2Si/c1-8(9)10-6-5-7-11(2,3)4/h5-7H2,1-4H3. The van der Waals surface area contributed by atoms with Crippen molar-refractivity contribution in [3.8, 4) is 0 Å². The molecule has 0 amide bonds. The molecule has 0 radical (unpaired) electrons. The van der Waals surface area contributed by atoms with Crippen molar-refractivity contribution in [3.63, 3.8) is 0 Å². The Hall–Kier alpha value is -0.313. The van der Waals surface area contributed by atoms with Crippen molar-refractivity contribution in [2.24, 2.45) is 0 Å². The second-order valence-electron chi connectivity index (χ2n) is 4.00. The zero-order chi connectivity index (χ0) is 8.91. The van der Waals surface area contributed by atoms with Crippen molar-refractivity contribution in [2.75, 3.05) is 6.61 Å². The molecule has 0 aliphatic rings. The molecule has 0 saturated carbocycles. The van der Waals surface area contributed by atoms with Crippen molar-refractivity contribution in [3.05, 3.63) is 0 Å². The third-order valence-corrected chi connectivity index (χ3v) is 3.23. The topological polar surface area (TPSA) is 26.3 Å². The minimum absolute atomic E-state index is 0.166. The van der Waals surface area contributed by atoms with E-state index >= 15 is 0 Å². The van der Waals surface area contributed by atoms with Gasteiger partial charge in [0.2, 0.25) is 0 Å². The highest BCUT2D eigenvalue weighted by molar-refractivity contribution is 6.76. The Bertz CT molecular complexity index is 127. The number of ether oxygens (including phenoxy) is 1. The smallest absolute Gasteiger partial charge is 0.302 e. The van der Waals surface area contributed by atoms with Crippen LogP contribution in [0.25, 0.3) is 0 Å². The molecule has 0 aliphatic heterocycles. The van der Waals surface area contributed by atoms with Gasteiger partial charge >= 0.3 is 5.97 Å². The maximum Gasteiger partial charge on any atom is 0.302 e. The van der Waals surface area contributed by atoms with Crippen molar-refractivity contribution < 1.29 is 9.53 Å². The van der Waals surface area contributed by atoms with E-state index in [1.807, 2.05) is 0 Å². The molecular weight excluding hydrogens is 156 g/mol. The Morgan fingerprint density at radius 3 is 2.27 bits per heavy atom. The van der Waals surface area contributed by atoms with Crippen LogP contribution < -0.4 is 0 Å². The van der Waals surface area contributed by atoms with E-state index in [1.165, 1.54) is 13.0 Å². The summed E-state index contributed by atoms with van der Waals surface area (Å²) < 4.78 is 4.82. The fraction of sp³-hybridized carbons (Fsp3) is 0.875. The van der Waals surface area contributed by atoms with Crippen LogP contribution >= 0.6 is 0 Å². The predicted molar refractivity (Wildman–Crippen MR) is 49.4 cm³/mol. The van der Waals surface area contributed by atoms with Gasteiger partial charge in [0.25, 0.3) is 0 Å². The van der Waals surface area contributed by atoms with Crippen LogP contribution in [0.15, 0.2) is 0 Å². The first-order valence-corrected chi connectivity index (χ1v) is 7.76. The normalized spacial score (nSPS) is 11.3. The summed E-state index contributed by atoms with van der Waals surface area (Å²) in [6.45, 7) is 9.01. The van der Waals surface area contributed by atoms with Gasteiger partial charge in [0.1, 0.15) is 0 Å². The van der Waals surface area contributed by atoms with Gasteiger partial charge in [-0.05, 0) is 6.42 Å². The molecule has 0 aromatic carbocycles. The Labute approximate surface area is 69.9 Å². The molecule has 0 rings (SSSR count). The molecule has 0 spiro atoms. The minimum atomic E-state index is -0.921. The molecule has 0 N–H and O–H groups in total. The summed E-state index contributed by atoms with van der Waals surface area (Å²) in [7, 11) is -0.921. The molecule has 0 atom stereocenters. The third-order valence-electron chi connectivity index (χ3n) is 1.38. The monoisotopic (exact) mass is 174 g/mol. The molecule has 0 aromatic rings. The average Bonchev–Trinajstić information content (AvgIpc) is 1.78. The van der Waals surface area contributed by atoms with E-state index < -0.39 is 8.07 Å². The molecule has 11 heavy (non-hydrogen) atoms. The second kappa shape index (κ2) is 4.54. The van der Waals surface area contributed by atoms with E-state index in [0.29, 0.717) is 6.61 Å². The fourth-order valence-corrected chi connectivity index (χ4v) is 2.02. The first-order valence-electron chi connectivity index (χ1n) is 4.05. The van der Waals surface area contributed by atoms with E-state index in [4.69, 9.17) is 4.74 Å².